The maximum absolute atomic E-state index is 11.9. The Morgan fingerprint density at radius 3 is 2.50 bits per heavy atom. The molecule has 3 heteroatoms. The van der Waals surface area contributed by atoms with Crippen molar-refractivity contribution in [1.29, 1.82) is 0 Å². The van der Waals surface area contributed by atoms with Crippen molar-refractivity contribution in [2.24, 2.45) is 28.6 Å². The molecule has 2 N–H and O–H groups in total. The highest BCUT2D eigenvalue weighted by Crippen LogP contribution is 2.67. The molecule has 0 saturated heterocycles. The number of aliphatic hydroxyl groups excluding tert-OH is 1. The quantitative estimate of drug-likeness (QED) is 0.771. The van der Waals surface area contributed by atoms with Crippen LogP contribution in [0.3, 0.4) is 0 Å². The standard InChI is InChI=1S/C21H32O3/c1-13(22)21(24)11-8-18-16-5-4-14-12-15(23)6-9-19(14,2)17(16)7-10-20(18,21)3/h12-13,16-18,22,24H,4-11H2,1-3H3/t13-,16+,17-,18-,19-,20-,21-/m1/s1. The molecule has 0 aromatic carbocycles. The lowest BCUT2D eigenvalue weighted by Gasteiger charge is -2.59. The summed E-state index contributed by atoms with van der Waals surface area (Å²) in [6, 6.07) is 0. The lowest BCUT2D eigenvalue weighted by molar-refractivity contribution is -0.171. The summed E-state index contributed by atoms with van der Waals surface area (Å²) in [6.45, 7) is 6.38. The molecule has 0 aliphatic heterocycles. The van der Waals surface area contributed by atoms with Gasteiger partial charge in [-0.05, 0) is 81.1 Å². The van der Waals surface area contributed by atoms with Crippen LogP contribution < -0.4 is 0 Å². The predicted molar refractivity (Wildman–Crippen MR) is 93.3 cm³/mol. The summed E-state index contributed by atoms with van der Waals surface area (Å²) in [5, 5.41) is 21.5. The first-order chi connectivity index (χ1) is 11.2. The molecule has 0 heterocycles. The molecule has 3 saturated carbocycles. The zero-order valence-electron chi connectivity index (χ0n) is 15.3. The maximum Gasteiger partial charge on any atom is 0.155 e. The molecule has 0 radical (unpaired) electrons. The van der Waals surface area contributed by atoms with Gasteiger partial charge in [0.2, 0.25) is 0 Å². The summed E-state index contributed by atoms with van der Waals surface area (Å²) in [6.07, 6.45) is 9.07. The second kappa shape index (κ2) is 5.17. The van der Waals surface area contributed by atoms with Crippen molar-refractivity contribution in [2.75, 3.05) is 0 Å². The number of hydrogen-bond acceptors (Lipinski definition) is 3. The number of rotatable bonds is 1. The Labute approximate surface area is 145 Å². The molecule has 0 spiro atoms. The summed E-state index contributed by atoms with van der Waals surface area (Å²) in [5.74, 6) is 2.09. The van der Waals surface area contributed by atoms with E-state index in [1.165, 1.54) is 5.57 Å². The van der Waals surface area contributed by atoms with Gasteiger partial charge in [-0.1, -0.05) is 19.4 Å². The molecule has 0 aromatic rings. The summed E-state index contributed by atoms with van der Waals surface area (Å²) < 4.78 is 0. The monoisotopic (exact) mass is 332 g/mol. The number of allylic oxidation sites excluding steroid dienone is 1. The van der Waals surface area contributed by atoms with E-state index >= 15 is 0 Å². The van der Waals surface area contributed by atoms with E-state index in [9.17, 15) is 15.0 Å². The summed E-state index contributed by atoms with van der Waals surface area (Å²) >= 11 is 0. The van der Waals surface area contributed by atoms with Crippen LogP contribution in [0.5, 0.6) is 0 Å². The van der Waals surface area contributed by atoms with Gasteiger partial charge >= 0.3 is 0 Å². The molecular weight excluding hydrogens is 300 g/mol. The van der Waals surface area contributed by atoms with Gasteiger partial charge in [-0.15, -0.1) is 0 Å². The highest BCUT2D eigenvalue weighted by Gasteiger charge is 2.65. The van der Waals surface area contributed by atoms with E-state index in [0.717, 1.165) is 44.9 Å². The van der Waals surface area contributed by atoms with Gasteiger partial charge in [-0.3, -0.25) is 4.79 Å². The molecule has 3 nitrogen and oxygen atoms in total. The van der Waals surface area contributed by atoms with Crippen LogP contribution in [0, 0.1) is 28.6 Å². The van der Waals surface area contributed by atoms with Crippen molar-refractivity contribution in [1.82, 2.24) is 0 Å². The van der Waals surface area contributed by atoms with E-state index in [1.807, 2.05) is 6.08 Å². The van der Waals surface area contributed by atoms with E-state index in [-0.39, 0.29) is 10.8 Å². The Morgan fingerprint density at radius 1 is 1.08 bits per heavy atom. The summed E-state index contributed by atoms with van der Waals surface area (Å²) in [7, 11) is 0. The van der Waals surface area contributed by atoms with Gasteiger partial charge in [-0.25, -0.2) is 0 Å². The van der Waals surface area contributed by atoms with Crippen molar-refractivity contribution in [3.05, 3.63) is 11.6 Å². The number of carbonyl (C=O) groups excluding carboxylic acids is 1. The fourth-order valence-corrected chi connectivity index (χ4v) is 7.30. The topological polar surface area (TPSA) is 57.5 Å². The third-order valence-electron chi connectivity index (χ3n) is 8.87. The van der Waals surface area contributed by atoms with Crippen LogP contribution in [0.1, 0.15) is 72.1 Å². The lowest BCUT2D eigenvalue weighted by Crippen LogP contribution is -2.58. The van der Waals surface area contributed by atoms with Crippen LogP contribution in [0.2, 0.25) is 0 Å². The Bertz CT molecular complexity index is 594. The molecule has 4 aliphatic rings. The minimum atomic E-state index is -0.928. The van der Waals surface area contributed by atoms with Gasteiger partial charge in [0, 0.05) is 11.8 Å². The molecule has 134 valence electrons. The van der Waals surface area contributed by atoms with Crippen molar-refractivity contribution >= 4 is 5.78 Å². The number of fused-ring (bicyclic) bond motifs is 5. The third-order valence-corrected chi connectivity index (χ3v) is 8.87. The van der Waals surface area contributed by atoms with E-state index in [0.29, 0.717) is 30.0 Å². The smallest absolute Gasteiger partial charge is 0.155 e. The minimum Gasteiger partial charge on any atom is -0.390 e. The van der Waals surface area contributed by atoms with Gasteiger partial charge < -0.3 is 10.2 Å². The summed E-state index contributed by atoms with van der Waals surface area (Å²) in [4.78, 5) is 11.9. The van der Waals surface area contributed by atoms with Crippen molar-refractivity contribution in [3.8, 4) is 0 Å². The predicted octanol–water partition coefficient (Wildman–Crippen LogP) is 3.63. The lowest BCUT2D eigenvalue weighted by atomic mass is 9.46. The van der Waals surface area contributed by atoms with E-state index in [1.54, 1.807) is 6.92 Å². The molecule has 24 heavy (non-hydrogen) atoms. The van der Waals surface area contributed by atoms with Crippen LogP contribution in [-0.2, 0) is 4.79 Å². The van der Waals surface area contributed by atoms with Gasteiger partial charge in [-0.2, -0.15) is 0 Å². The zero-order valence-corrected chi connectivity index (χ0v) is 15.3. The second-order valence-electron chi connectivity index (χ2n) is 9.56. The fourth-order valence-electron chi connectivity index (χ4n) is 7.30. The first-order valence-electron chi connectivity index (χ1n) is 9.87. The molecule has 4 rings (SSSR count). The van der Waals surface area contributed by atoms with E-state index in [2.05, 4.69) is 13.8 Å². The van der Waals surface area contributed by atoms with Gasteiger partial charge in [0.25, 0.3) is 0 Å². The normalized spacial score (nSPS) is 52.1. The van der Waals surface area contributed by atoms with Crippen LogP contribution in [0.4, 0.5) is 0 Å². The molecule has 0 bridgehead atoms. The molecular formula is C21H32O3. The van der Waals surface area contributed by atoms with Gasteiger partial charge in [0.15, 0.2) is 5.78 Å². The highest BCUT2D eigenvalue weighted by atomic mass is 16.3. The van der Waals surface area contributed by atoms with Crippen LogP contribution >= 0.6 is 0 Å². The Balaban J connectivity index is 1.69. The van der Waals surface area contributed by atoms with Gasteiger partial charge in [0.05, 0.1) is 11.7 Å². The minimum absolute atomic E-state index is 0.162. The maximum atomic E-state index is 11.9. The molecule has 7 atom stereocenters. The Hall–Kier alpha value is -0.670. The van der Waals surface area contributed by atoms with Crippen LogP contribution in [0.15, 0.2) is 11.6 Å². The Kier molecular flexibility index (Phi) is 3.61. The number of ketones is 1. The van der Waals surface area contributed by atoms with E-state index < -0.39 is 11.7 Å². The van der Waals surface area contributed by atoms with Crippen LogP contribution in [0.25, 0.3) is 0 Å². The van der Waals surface area contributed by atoms with Crippen LogP contribution in [-0.4, -0.2) is 27.7 Å². The second-order valence-corrected chi connectivity index (χ2v) is 9.56. The number of hydrogen-bond donors (Lipinski definition) is 2. The molecule has 4 aliphatic carbocycles. The van der Waals surface area contributed by atoms with E-state index in [4.69, 9.17) is 0 Å². The summed E-state index contributed by atoms with van der Waals surface area (Å²) in [5.41, 5.74) is 0.489. The average Bonchev–Trinajstić information content (AvgIpc) is 2.81. The zero-order chi connectivity index (χ0) is 17.3. The Morgan fingerprint density at radius 2 is 1.79 bits per heavy atom. The third kappa shape index (κ3) is 1.94. The van der Waals surface area contributed by atoms with Gasteiger partial charge in [0.1, 0.15) is 0 Å². The molecule has 0 amide bonds. The first kappa shape index (κ1) is 16.8. The molecule has 0 aromatic heterocycles. The van der Waals surface area contributed by atoms with Crippen molar-refractivity contribution < 1.29 is 15.0 Å². The first-order valence-corrected chi connectivity index (χ1v) is 9.87. The highest BCUT2D eigenvalue weighted by molar-refractivity contribution is 5.91. The van der Waals surface area contributed by atoms with Crippen molar-refractivity contribution in [3.63, 3.8) is 0 Å². The van der Waals surface area contributed by atoms with Crippen molar-refractivity contribution in [2.45, 2.75) is 83.8 Å². The number of carbonyl (C=O) groups is 1. The molecule has 3 fully saturated rings. The average molecular weight is 332 g/mol. The fraction of sp³-hybridized carbons (Fsp3) is 0.857. The SMILES string of the molecule is C[C@@H](O)[C@]1(O)CC[C@@H]2[C@H]3CCC4=CC(=O)CC[C@@]4(C)[C@@H]3CC[C@]21C. The number of aliphatic hydroxyl groups is 2. The largest absolute Gasteiger partial charge is 0.390 e. The molecule has 0 unspecified atom stereocenters.